The second-order valence-corrected chi connectivity index (χ2v) is 26.9. The molecule has 3 saturated carbocycles. The SMILES string of the molecule is CCC(CCC(C)C1CCC2C3CC=C4CC(OC5OC(CO)C(OC6OC(CO)C(OC7OC(CO)C(OC8OC(CO)C(OC9OC(CO)C(O)C(O)C9O)C(O)C8O)C(O)C7O)C(O)C6O)C(O)C5O)CCC4(C)C3CCC12C)C(C)C. The first-order valence-corrected chi connectivity index (χ1v) is 31.2. The minimum Gasteiger partial charge on any atom is -0.394 e. The number of ether oxygens (including phenoxy) is 10. The summed E-state index contributed by atoms with van der Waals surface area (Å²) in [6.45, 7) is 10.2. The molecule has 8 fully saturated rings. The third kappa shape index (κ3) is 13.2. The van der Waals surface area contributed by atoms with Crippen LogP contribution in [0.5, 0.6) is 0 Å². The molecule has 5 heterocycles. The molecule has 0 spiro atoms. The molecule has 4 aliphatic carbocycles. The van der Waals surface area contributed by atoms with Gasteiger partial charge in [-0.2, -0.15) is 0 Å². The van der Waals surface area contributed by atoms with Crippen molar-refractivity contribution in [2.45, 2.75) is 272 Å². The van der Waals surface area contributed by atoms with Crippen LogP contribution in [0.4, 0.5) is 0 Å². The highest BCUT2D eigenvalue weighted by Crippen LogP contribution is 2.67. The van der Waals surface area contributed by atoms with Crippen molar-refractivity contribution in [2.24, 2.45) is 52.3 Å². The third-order valence-electron chi connectivity index (χ3n) is 21.9. The van der Waals surface area contributed by atoms with Gasteiger partial charge in [0.05, 0.1) is 39.1 Å². The highest BCUT2D eigenvalue weighted by molar-refractivity contribution is 5.26. The molecule has 492 valence electrons. The van der Waals surface area contributed by atoms with Gasteiger partial charge in [0, 0.05) is 0 Å². The number of hydrogen-bond donors (Lipinski definition) is 16. The van der Waals surface area contributed by atoms with Gasteiger partial charge in [0.25, 0.3) is 0 Å². The van der Waals surface area contributed by atoms with E-state index in [1.54, 1.807) is 0 Å². The molecule has 0 aromatic rings. The molecule has 5 aliphatic heterocycles. The molecule has 5 saturated heterocycles. The summed E-state index contributed by atoms with van der Waals surface area (Å²) < 4.78 is 58.1. The van der Waals surface area contributed by atoms with Crippen LogP contribution in [-0.4, -0.2) is 274 Å². The van der Waals surface area contributed by atoms with E-state index in [-0.39, 0.29) is 11.5 Å². The van der Waals surface area contributed by atoms with Gasteiger partial charge in [-0.1, -0.05) is 66.0 Å². The maximum atomic E-state index is 11.6. The Bertz CT molecular complexity index is 2140. The zero-order chi connectivity index (χ0) is 61.7. The predicted octanol–water partition coefficient (Wildman–Crippen LogP) is -2.85. The van der Waals surface area contributed by atoms with Gasteiger partial charge in [-0.05, 0) is 110 Å². The molecule has 26 nitrogen and oxygen atoms in total. The Hall–Kier alpha value is -1.30. The molecule has 0 radical (unpaired) electrons. The smallest absolute Gasteiger partial charge is 0.187 e. The summed E-state index contributed by atoms with van der Waals surface area (Å²) in [5, 5.41) is 173. The van der Waals surface area contributed by atoms with Crippen LogP contribution in [-0.2, 0) is 47.4 Å². The van der Waals surface area contributed by atoms with E-state index in [0.717, 1.165) is 24.7 Å². The molecule has 34 atom stereocenters. The largest absolute Gasteiger partial charge is 0.394 e. The fraction of sp³-hybridized carbons (Fsp3) is 0.966. The van der Waals surface area contributed by atoms with Crippen LogP contribution in [0, 0.1) is 52.3 Å². The number of fused-ring (bicyclic) bond motifs is 5. The number of rotatable bonds is 21. The van der Waals surface area contributed by atoms with Crippen molar-refractivity contribution in [1.29, 1.82) is 0 Å². The van der Waals surface area contributed by atoms with Crippen molar-refractivity contribution in [2.75, 3.05) is 33.0 Å². The van der Waals surface area contributed by atoms with E-state index in [4.69, 9.17) is 47.4 Å². The molecular weight excluding hydrogens is 1120 g/mol. The summed E-state index contributed by atoms with van der Waals surface area (Å²) in [6.07, 6.45) is -30.6. The van der Waals surface area contributed by atoms with E-state index in [1.165, 1.54) is 50.5 Å². The highest BCUT2D eigenvalue weighted by Gasteiger charge is 2.61. The second-order valence-electron chi connectivity index (χ2n) is 26.9. The average Bonchev–Trinajstić information content (AvgIpc) is 1.92. The van der Waals surface area contributed by atoms with Crippen molar-refractivity contribution in [3.63, 3.8) is 0 Å². The Kier molecular flexibility index (Phi) is 22.7. The van der Waals surface area contributed by atoms with Crippen LogP contribution in [0.3, 0.4) is 0 Å². The minimum atomic E-state index is -2.12. The summed E-state index contributed by atoms with van der Waals surface area (Å²) in [6, 6.07) is 0. The van der Waals surface area contributed by atoms with Gasteiger partial charge >= 0.3 is 0 Å². The van der Waals surface area contributed by atoms with Gasteiger partial charge in [-0.15, -0.1) is 0 Å². The van der Waals surface area contributed by atoms with E-state index in [0.29, 0.717) is 47.8 Å². The van der Waals surface area contributed by atoms with Crippen molar-refractivity contribution >= 4 is 0 Å². The van der Waals surface area contributed by atoms with Crippen LogP contribution in [0.15, 0.2) is 11.6 Å². The van der Waals surface area contributed by atoms with Gasteiger partial charge in [-0.3, -0.25) is 0 Å². The first kappa shape index (κ1) is 68.1. The molecule has 16 N–H and O–H groups in total. The lowest BCUT2D eigenvalue weighted by molar-refractivity contribution is -0.393. The van der Waals surface area contributed by atoms with Crippen LogP contribution < -0.4 is 0 Å². The molecular formula is C59H100O26. The van der Waals surface area contributed by atoms with Crippen LogP contribution in [0.2, 0.25) is 0 Å². The van der Waals surface area contributed by atoms with E-state index in [9.17, 15) is 81.7 Å². The molecule has 0 bridgehead atoms. The fourth-order valence-corrected chi connectivity index (χ4v) is 16.7. The normalized spacial score (nSPS) is 51.1. The standard InChI is InChI=1S/C59H100O26/c1-7-26(24(2)3)9-8-25(4)30-12-13-31-29-11-10-27-18-28(14-16-58(27,5)32(29)15-17-59(30,31)6)76-53-45(72)40(67)49(34(20-61)78-53)83-55-47(74)42(69)51(36(22-63)80-55)85-57-48(75)43(70)52(37(23-64)81-57)84-56-46(73)41(68)50(35(21-62)79-56)82-54-44(71)39(66)38(65)33(19-60)77-54/h10,24-26,28-57,60-75H,7-9,11-23H2,1-6H3. The van der Waals surface area contributed by atoms with Gasteiger partial charge in [0.15, 0.2) is 31.5 Å². The zero-order valence-corrected chi connectivity index (χ0v) is 49.7. The van der Waals surface area contributed by atoms with Gasteiger partial charge in [-0.25, -0.2) is 0 Å². The summed E-state index contributed by atoms with van der Waals surface area (Å²) in [4.78, 5) is 0. The molecule has 9 rings (SSSR count). The number of hydrogen-bond acceptors (Lipinski definition) is 26. The van der Waals surface area contributed by atoms with E-state index < -0.39 is 187 Å². The van der Waals surface area contributed by atoms with Crippen molar-refractivity contribution in [3.8, 4) is 0 Å². The predicted molar refractivity (Wildman–Crippen MR) is 291 cm³/mol. The van der Waals surface area contributed by atoms with Gasteiger partial charge in [0.1, 0.15) is 122 Å². The van der Waals surface area contributed by atoms with E-state index in [1.807, 2.05) is 0 Å². The Balaban J connectivity index is 0.773. The van der Waals surface area contributed by atoms with Crippen molar-refractivity contribution < 1.29 is 129 Å². The Morgan fingerprint density at radius 3 is 1.29 bits per heavy atom. The van der Waals surface area contributed by atoms with E-state index in [2.05, 4.69) is 47.6 Å². The summed E-state index contributed by atoms with van der Waals surface area (Å²) in [5.74, 6) is 4.83. The minimum absolute atomic E-state index is 0.00946. The van der Waals surface area contributed by atoms with Gasteiger partial charge < -0.3 is 129 Å². The molecule has 9 aliphatic rings. The summed E-state index contributed by atoms with van der Waals surface area (Å²) >= 11 is 0. The van der Waals surface area contributed by atoms with Crippen LogP contribution >= 0.6 is 0 Å². The highest BCUT2D eigenvalue weighted by atomic mass is 16.8. The Morgan fingerprint density at radius 2 is 0.882 bits per heavy atom. The Morgan fingerprint density at radius 1 is 0.471 bits per heavy atom. The number of aliphatic hydroxyl groups excluding tert-OH is 16. The first-order chi connectivity index (χ1) is 40.4. The molecule has 0 aromatic carbocycles. The Labute approximate surface area is 496 Å². The third-order valence-corrected chi connectivity index (χ3v) is 21.9. The van der Waals surface area contributed by atoms with Crippen LogP contribution in [0.25, 0.3) is 0 Å². The molecule has 85 heavy (non-hydrogen) atoms. The van der Waals surface area contributed by atoms with Crippen LogP contribution in [0.1, 0.15) is 112 Å². The zero-order valence-electron chi connectivity index (χ0n) is 49.7. The molecule has 34 unspecified atom stereocenters. The summed E-state index contributed by atoms with van der Waals surface area (Å²) in [5.41, 5.74) is 1.71. The lowest BCUT2D eigenvalue weighted by Gasteiger charge is -2.58. The van der Waals surface area contributed by atoms with Gasteiger partial charge in [0.2, 0.25) is 0 Å². The number of aliphatic hydroxyl groups is 16. The molecule has 26 heteroatoms. The second kappa shape index (κ2) is 28.3. The molecule has 0 amide bonds. The van der Waals surface area contributed by atoms with E-state index >= 15 is 0 Å². The quantitative estimate of drug-likeness (QED) is 0.0514. The maximum Gasteiger partial charge on any atom is 0.187 e. The molecule has 0 aromatic heterocycles. The monoisotopic (exact) mass is 1220 g/mol. The lowest BCUT2D eigenvalue weighted by atomic mass is 9.47. The topological polar surface area (TPSA) is 416 Å². The maximum absolute atomic E-state index is 11.6. The van der Waals surface area contributed by atoms with Crippen molar-refractivity contribution in [3.05, 3.63) is 11.6 Å². The lowest BCUT2D eigenvalue weighted by Crippen LogP contribution is -2.68. The fourth-order valence-electron chi connectivity index (χ4n) is 16.7. The number of allylic oxidation sites excluding steroid dienone is 1. The first-order valence-electron chi connectivity index (χ1n) is 31.2. The van der Waals surface area contributed by atoms with Crippen molar-refractivity contribution in [1.82, 2.24) is 0 Å². The average molecular weight is 1230 g/mol. The summed E-state index contributed by atoms with van der Waals surface area (Å²) in [7, 11) is 0.